The maximum Gasteiger partial charge on any atom is 0.329 e. The van der Waals surface area contributed by atoms with E-state index in [0.29, 0.717) is 0 Å². The molecule has 0 fully saturated rings. The monoisotopic (exact) mass is 259 g/mol. The summed E-state index contributed by atoms with van der Waals surface area (Å²) in [6.07, 6.45) is 2.28. The second-order valence-electron chi connectivity index (χ2n) is 4.15. The minimum Gasteiger partial charge on any atom is -0.459 e. The molecule has 1 aliphatic rings. The zero-order chi connectivity index (χ0) is 13.8. The predicted molar refractivity (Wildman–Crippen MR) is 66.7 cm³/mol. The molecule has 0 radical (unpaired) electrons. The van der Waals surface area contributed by atoms with E-state index < -0.39 is 23.8 Å². The van der Waals surface area contributed by atoms with Gasteiger partial charge >= 0.3 is 5.97 Å². The van der Waals surface area contributed by atoms with Gasteiger partial charge in [-0.15, -0.1) is 0 Å². The highest BCUT2D eigenvalue weighted by Crippen LogP contribution is 2.11. The Kier molecular flexibility index (Phi) is 3.75. The highest BCUT2D eigenvalue weighted by molar-refractivity contribution is 6.14. The minimum atomic E-state index is -0.918. The standard InChI is InChI=1S/C14H13NO4/c1-10(15-12(16)7-8-13(15)17)14(18)19-9-11-5-3-2-4-6-11/h2-8,10H,9H2,1H3/t10-/m0/s1. The quantitative estimate of drug-likeness (QED) is 0.598. The molecule has 98 valence electrons. The third kappa shape index (κ3) is 2.88. The van der Waals surface area contributed by atoms with Crippen LogP contribution in [0.5, 0.6) is 0 Å². The summed E-state index contributed by atoms with van der Waals surface area (Å²) < 4.78 is 5.09. The molecule has 0 aromatic heterocycles. The summed E-state index contributed by atoms with van der Waals surface area (Å²) in [5.41, 5.74) is 0.847. The molecule has 5 nitrogen and oxygen atoms in total. The molecule has 0 aliphatic carbocycles. The fourth-order valence-electron chi connectivity index (χ4n) is 1.75. The molecule has 0 saturated carbocycles. The maximum absolute atomic E-state index is 11.8. The second-order valence-corrected chi connectivity index (χ2v) is 4.15. The number of imide groups is 1. The molecule has 1 aromatic carbocycles. The van der Waals surface area contributed by atoms with Crippen molar-refractivity contribution in [1.29, 1.82) is 0 Å². The van der Waals surface area contributed by atoms with E-state index in [1.165, 1.54) is 6.92 Å². The van der Waals surface area contributed by atoms with E-state index in [-0.39, 0.29) is 6.61 Å². The summed E-state index contributed by atoms with van der Waals surface area (Å²) in [6.45, 7) is 1.59. The summed E-state index contributed by atoms with van der Waals surface area (Å²) in [4.78, 5) is 35.5. The van der Waals surface area contributed by atoms with Crippen LogP contribution in [0.1, 0.15) is 12.5 Å². The molecular weight excluding hydrogens is 246 g/mol. The fourth-order valence-corrected chi connectivity index (χ4v) is 1.75. The molecule has 0 bridgehead atoms. The highest BCUT2D eigenvalue weighted by Gasteiger charge is 2.33. The Labute approximate surface area is 110 Å². The number of ether oxygens (including phenoxy) is 1. The Morgan fingerprint density at radius 3 is 2.32 bits per heavy atom. The molecule has 1 heterocycles. The van der Waals surface area contributed by atoms with Crippen molar-refractivity contribution in [2.24, 2.45) is 0 Å². The van der Waals surface area contributed by atoms with Gasteiger partial charge in [0.25, 0.3) is 11.8 Å². The third-order valence-corrected chi connectivity index (χ3v) is 2.80. The molecular formula is C14H13NO4. The van der Waals surface area contributed by atoms with Gasteiger partial charge in [0.1, 0.15) is 12.6 Å². The van der Waals surface area contributed by atoms with Gasteiger partial charge in [-0.2, -0.15) is 0 Å². The van der Waals surface area contributed by atoms with Gasteiger partial charge in [-0.05, 0) is 12.5 Å². The van der Waals surface area contributed by atoms with Crippen molar-refractivity contribution < 1.29 is 19.1 Å². The van der Waals surface area contributed by atoms with E-state index in [0.717, 1.165) is 22.6 Å². The van der Waals surface area contributed by atoms with E-state index in [9.17, 15) is 14.4 Å². The van der Waals surface area contributed by atoms with Gasteiger partial charge in [0.15, 0.2) is 0 Å². The van der Waals surface area contributed by atoms with Crippen molar-refractivity contribution in [3.8, 4) is 0 Å². The van der Waals surface area contributed by atoms with Crippen molar-refractivity contribution in [2.75, 3.05) is 0 Å². The molecule has 19 heavy (non-hydrogen) atoms. The molecule has 5 heteroatoms. The maximum atomic E-state index is 11.8. The molecule has 2 amide bonds. The molecule has 0 N–H and O–H groups in total. The largest absolute Gasteiger partial charge is 0.459 e. The van der Waals surface area contributed by atoms with Crippen LogP contribution < -0.4 is 0 Å². The third-order valence-electron chi connectivity index (χ3n) is 2.80. The lowest BCUT2D eigenvalue weighted by Crippen LogP contribution is -2.43. The summed E-state index contributed by atoms with van der Waals surface area (Å²) in [5, 5.41) is 0. The second kappa shape index (κ2) is 5.48. The van der Waals surface area contributed by atoms with Crippen LogP contribution in [-0.2, 0) is 25.7 Å². The molecule has 2 rings (SSSR count). The summed E-state index contributed by atoms with van der Waals surface area (Å²) in [5.74, 6) is -1.59. The topological polar surface area (TPSA) is 63.7 Å². The molecule has 1 aliphatic heterocycles. The van der Waals surface area contributed by atoms with Gasteiger partial charge in [0, 0.05) is 12.2 Å². The van der Waals surface area contributed by atoms with Crippen LogP contribution in [0.4, 0.5) is 0 Å². The number of carbonyl (C=O) groups is 3. The first-order chi connectivity index (χ1) is 9.09. The van der Waals surface area contributed by atoms with Crippen molar-refractivity contribution in [3.63, 3.8) is 0 Å². The van der Waals surface area contributed by atoms with Gasteiger partial charge in [0.2, 0.25) is 0 Å². The Morgan fingerprint density at radius 2 is 1.74 bits per heavy atom. The van der Waals surface area contributed by atoms with Gasteiger partial charge < -0.3 is 4.74 Å². The van der Waals surface area contributed by atoms with E-state index in [4.69, 9.17) is 4.74 Å². The zero-order valence-electron chi connectivity index (χ0n) is 10.4. The van der Waals surface area contributed by atoms with Gasteiger partial charge in [-0.25, -0.2) is 4.79 Å². The van der Waals surface area contributed by atoms with Crippen molar-refractivity contribution in [2.45, 2.75) is 19.6 Å². The van der Waals surface area contributed by atoms with Crippen molar-refractivity contribution >= 4 is 17.8 Å². The van der Waals surface area contributed by atoms with Crippen LogP contribution in [-0.4, -0.2) is 28.7 Å². The first-order valence-corrected chi connectivity index (χ1v) is 5.85. The summed E-state index contributed by atoms with van der Waals surface area (Å²) >= 11 is 0. The van der Waals surface area contributed by atoms with Crippen molar-refractivity contribution in [1.82, 2.24) is 4.90 Å². The number of hydrogen-bond acceptors (Lipinski definition) is 4. The molecule has 0 saturated heterocycles. The smallest absolute Gasteiger partial charge is 0.329 e. The minimum absolute atomic E-state index is 0.119. The van der Waals surface area contributed by atoms with E-state index >= 15 is 0 Å². The molecule has 0 unspecified atom stereocenters. The Hall–Kier alpha value is -2.43. The van der Waals surface area contributed by atoms with E-state index in [1.54, 1.807) is 0 Å². The number of carbonyl (C=O) groups excluding carboxylic acids is 3. The molecule has 1 atom stereocenters. The number of nitrogens with zero attached hydrogens (tertiary/aromatic N) is 1. The lowest BCUT2D eigenvalue weighted by Gasteiger charge is -2.20. The lowest BCUT2D eigenvalue weighted by atomic mass is 10.2. The van der Waals surface area contributed by atoms with Gasteiger partial charge in [0.05, 0.1) is 0 Å². The zero-order valence-corrected chi connectivity index (χ0v) is 10.4. The van der Waals surface area contributed by atoms with E-state index in [2.05, 4.69) is 0 Å². The normalized spacial score (nSPS) is 15.7. The number of amides is 2. The first kappa shape index (κ1) is 13.0. The molecule has 1 aromatic rings. The van der Waals surface area contributed by atoms with Crippen LogP contribution in [0.3, 0.4) is 0 Å². The summed E-state index contributed by atoms with van der Waals surface area (Å²) in [7, 11) is 0. The number of hydrogen-bond donors (Lipinski definition) is 0. The highest BCUT2D eigenvalue weighted by atomic mass is 16.5. The van der Waals surface area contributed by atoms with Crippen LogP contribution in [0, 0.1) is 0 Å². The van der Waals surface area contributed by atoms with E-state index in [1.807, 2.05) is 30.3 Å². The predicted octanol–water partition coefficient (Wildman–Crippen LogP) is 1.04. The average Bonchev–Trinajstić information content (AvgIpc) is 2.76. The lowest BCUT2D eigenvalue weighted by molar-refractivity contribution is -0.157. The fraction of sp³-hybridized carbons (Fsp3) is 0.214. The van der Waals surface area contributed by atoms with Crippen LogP contribution >= 0.6 is 0 Å². The first-order valence-electron chi connectivity index (χ1n) is 5.85. The van der Waals surface area contributed by atoms with Crippen LogP contribution in [0.15, 0.2) is 42.5 Å². The summed E-state index contributed by atoms with van der Waals surface area (Å²) in [6, 6.07) is 8.27. The number of rotatable bonds is 4. The Balaban J connectivity index is 1.93. The number of esters is 1. The van der Waals surface area contributed by atoms with Gasteiger partial charge in [-0.1, -0.05) is 30.3 Å². The Morgan fingerprint density at radius 1 is 1.16 bits per heavy atom. The van der Waals surface area contributed by atoms with Crippen LogP contribution in [0.25, 0.3) is 0 Å². The molecule has 0 spiro atoms. The average molecular weight is 259 g/mol. The van der Waals surface area contributed by atoms with Crippen molar-refractivity contribution in [3.05, 3.63) is 48.0 Å². The number of benzene rings is 1. The Bertz CT molecular complexity index is 518. The SMILES string of the molecule is C[C@@H](C(=O)OCc1ccccc1)N1C(=O)C=CC1=O. The van der Waals surface area contributed by atoms with Gasteiger partial charge in [-0.3, -0.25) is 14.5 Å². The van der Waals surface area contributed by atoms with Crippen LogP contribution in [0.2, 0.25) is 0 Å².